The van der Waals surface area contributed by atoms with Crippen molar-refractivity contribution in [3.05, 3.63) is 56.4 Å². The van der Waals surface area contributed by atoms with E-state index in [4.69, 9.17) is 4.74 Å². The van der Waals surface area contributed by atoms with Gasteiger partial charge >= 0.3 is 5.97 Å². The van der Waals surface area contributed by atoms with E-state index in [1.165, 1.54) is 11.0 Å². The molecule has 2 aliphatic rings. The number of imide groups is 1. The third-order valence-electron chi connectivity index (χ3n) is 5.52. The number of esters is 1. The number of hydrogen-bond acceptors (Lipinski definition) is 8. The standard InChI is InChI=1S/C20H19N5O7/c1-3-32-20(29)17-14-9-23(7-6-15(14)22(2)21-17)16(26)10-24-18(27)12-5-4-11(25(30)31)8-13(12)19(24)28/h4-5,8H,3,6-7,9-10H2,1-2H3. The van der Waals surface area contributed by atoms with E-state index < -0.39 is 35.2 Å². The maximum absolute atomic E-state index is 12.9. The number of ether oxygens (including phenoxy) is 1. The molecule has 3 heterocycles. The van der Waals surface area contributed by atoms with Gasteiger partial charge in [0.2, 0.25) is 5.91 Å². The molecular formula is C20H19N5O7. The number of carbonyl (C=O) groups excluding carboxylic acids is 4. The van der Waals surface area contributed by atoms with Gasteiger partial charge in [-0.25, -0.2) is 4.79 Å². The van der Waals surface area contributed by atoms with Gasteiger partial charge in [0.1, 0.15) is 6.54 Å². The van der Waals surface area contributed by atoms with Crippen molar-refractivity contribution in [3.63, 3.8) is 0 Å². The fourth-order valence-corrected chi connectivity index (χ4v) is 3.94. The highest BCUT2D eigenvalue weighted by molar-refractivity contribution is 6.22. The molecular weight excluding hydrogens is 422 g/mol. The van der Waals surface area contributed by atoms with E-state index in [-0.39, 0.29) is 35.7 Å². The molecule has 2 aliphatic heterocycles. The zero-order valence-electron chi connectivity index (χ0n) is 17.4. The molecule has 2 aromatic rings. The highest BCUT2D eigenvalue weighted by Gasteiger charge is 2.39. The molecule has 12 heteroatoms. The van der Waals surface area contributed by atoms with Gasteiger partial charge in [-0.1, -0.05) is 0 Å². The predicted octanol–water partition coefficient (Wildman–Crippen LogP) is 0.686. The Labute approximate surface area is 181 Å². The number of hydrogen-bond donors (Lipinski definition) is 0. The van der Waals surface area contributed by atoms with Crippen molar-refractivity contribution >= 4 is 29.4 Å². The van der Waals surface area contributed by atoms with Crippen LogP contribution in [-0.4, -0.2) is 67.9 Å². The van der Waals surface area contributed by atoms with E-state index in [2.05, 4.69) is 5.10 Å². The van der Waals surface area contributed by atoms with Crippen molar-refractivity contribution in [2.24, 2.45) is 7.05 Å². The van der Waals surface area contributed by atoms with E-state index >= 15 is 0 Å². The number of nitrogens with zero attached hydrogens (tertiary/aromatic N) is 5. The van der Waals surface area contributed by atoms with Gasteiger partial charge in [-0.15, -0.1) is 0 Å². The summed E-state index contributed by atoms with van der Waals surface area (Å²) in [7, 11) is 1.71. The summed E-state index contributed by atoms with van der Waals surface area (Å²) in [5.74, 6) is -2.51. The third-order valence-corrected chi connectivity index (χ3v) is 5.52. The fourth-order valence-electron chi connectivity index (χ4n) is 3.94. The maximum atomic E-state index is 12.9. The normalized spacial score (nSPS) is 14.9. The molecule has 0 saturated carbocycles. The average Bonchev–Trinajstić information content (AvgIpc) is 3.22. The van der Waals surface area contributed by atoms with Crippen LogP contribution in [0.5, 0.6) is 0 Å². The molecule has 0 aliphatic carbocycles. The Morgan fingerprint density at radius 2 is 1.94 bits per heavy atom. The topological polar surface area (TPSA) is 145 Å². The molecule has 0 radical (unpaired) electrons. The number of rotatable bonds is 5. The minimum atomic E-state index is -0.756. The van der Waals surface area contributed by atoms with Gasteiger partial charge in [0, 0.05) is 49.9 Å². The lowest BCUT2D eigenvalue weighted by Crippen LogP contribution is -2.44. The number of fused-ring (bicyclic) bond motifs is 2. The lowest BCUT2D eigenvalue weighted by atomic mass is 10.0. The van der Waals surface area contributed by atoms with Gasteiger partial charge in [0.05, 0.1) is 22.7 Å². The van der Waals surface area contributed by atoms with Crippen molar-refractivity contribution < 1.29 is 28.8 Å². The van der Waals surface area contributed by atoms with Crippen molar-refractivity contribution in [2.75, 3.05) is 19.7 Å². The molecule has 1 aromatic carbocycles. The molecule has 32 heavy (non-hydrogen) atoms. The van der Waals surface area contributed by atoms with Crippen LogP contribution in [0.25, 0.3) is 0 Å². The first-order valence-corrected chi connectivity index (χ1v) is 9.87. The molecule has 1 aromatic heterocycles. The van der Waals surface area contributed by atoms with Crippen molar-refractivity contribution in [3.8, 4) is 0 Å². The van der Waals surface area contributed by atoms with E-state index in [1.807, 2.05) is 0 Å². The van der Waals surface area contributed by atoms with E-state index in [0.29, 0.717) is 18.5 Å². The summed E-state index contributed by atoms with van der Waals surface area (Å²) in [6.45, 7) is 1.77. The Kier molecular flexibility index (Phi) is 5.20. The quantitative estimate of drug-likeness (QED) is 0.285. The lowest BCUT2D eigenvalue weighted by Gasteiger charge is -2.28. The minimum Gasteiger partial charge on any atom is -0.461 e. The molecule has 0 spiro atoms. The Morgan fingerprint density at radius 3 is 2.62 bits per heavy atom. The SMILES string of the molecule is CCOC(=O)c1nn(C)c2c1CN(C(=O)CN1C(=O)c3ccc([N+](=O)[O-])cc3C1=O)CC2. The number of nitro benzene ring substituents is 1. The number of nitro groups is 1. The summed E-state index contributed by atoms with van der Waals surface area (Å²) in [4.78, 5) is 62.9. The molecule has 3 amide bonds. The summed E-state index contributed by atoms with van der Waals surface area (Å²) >= 11 is 0. The van der Waals surface area contributed by atoms with E-state index in [9.17, 15) is 29.3 Å². The summed E-state index contributed by atoms with van der Waals surface area (Å²) in [5.41, 5.74) is 1.12. The number of non-ortho nitro benzene ring substituents is 1. The molecule has 0 atom stereocenters. The van der Waals surface area contributed by atoms with Gasteiger partial charge < -0.3 is 9.64 Å². The highest BCUT2D eigenvalue weighted by Crippen LogP contribution is 2.28. The summed E-state index contributed by atoms with van der Waals surface area (Å²) in [6.07, 6.45) is 0.443. The molecule has 0 N–H and O–H groups in total. The smallest absolute Gasteiger partial charge is 0.359 e. The number of carbonyl (C=O) groups is 4. The second-order valence-corrected chi connectivity index (χ2v) is 7.37. The zero-order valence-corrected chi connectivity index (χ0v) is 17.4. The van der Waals surface area contributed by atoms with Crippen LogP contribution in [0.3, 0.4) is 0 Å². The van der Waals surface area contributed by atoms with Crippen LogP contribution in [0.2, 0.25) is 0 Å². The van der Waals surface area contributed by atoms with Crippen LogP contribution in [0.4, 0.5) is 5.69 Å². The first-order valence-electron chi connectivity index (χ1n) is 9.87. The summed E-state index contributed by atoms with van der Waals surface area (Å²) in [6, 6.07) is 3.39. The first-order chi connectivity index (χ1) is 15.2. The molecule has 0 saturated heterocycles. The monoisotopic (exact) mass is 441 g/mol. The van der Waals surface area contributed by atoms with Crippen molar-refractivity contribution in [1.82, 2.24) is 19.6 Å². The van der Waals surface area contributed by atoms with Crippen molar-refractivity contribution in [1.29, 1.82) is 0 Å². The fraction of sp³-hybridized carbons (Fsp3) is 0.350. The van der Waals surface area contributed by atoms with Crippen LogP contribution in [0.1, 0.15) is 49.4 Å². The minimum absolute atomic E-state index is 0.0196. The van der Waals surface area contributed by atoms with E-state index in [1.54, 1.807) is 18.7 Å². The lowest BCUT2D eigenvalue weighted by molar-refractivity contribution is -0.384. The molecule has 4 rings (SSSR count). The Bertz CT molecular complexity index is 1190. The number of aryl methyl sites for hydroxylation is 1. The Hall–Kier alpha value is -4.09. The molecule has 166 valence electrons. The van der Waals surface area contributed by atoms with Gasteiger partial charge in [0.25, 0.3) is 17.5 Å². The van der Waals surface area contributed by atoms with Crippen LogP contribution in [-0.2, 0) is 29.5 Å². The Balaban J connectivity index is 1.52. The number of aromatic nitrogens is 2. The van der Waals surface area contributed by atoms with Gasteiger partial charge in [-0.2, -0.15) is 5.10 Å². The summed E-state index contributed by atoms with van der Waals surface area (Å²) in [5, 5.41) is 15.2. The highest BCUT2D eigenvalue weighted by atomic mass is 16.6. The predicted molar refractivity (Wildman–Crippen MR) is 107 cm³/mol. The molecule has 12 nitrogen and oxygen atoms in total. The van der Waals surface area contributed by atoms with Gasteiger partial charge in [-0.05, 0) is 13.0 Å². The second-order valence-electron chi connectivity index (χ2n) is 7.37. The largest absolute Gasteiger partial charge is 0.461 e. The Morgan fingerprint density at radius 1 is 1.22 bits per heavy atom. The molecule has 0 bridgehead atoms. The first kappa shape index (κ1) is 21.2. The van der Waals surface area contributed by atoms with Crippen LogP contribution in [0, 0.1) is 10.1 Å². The van der Waals surface area contributed by atoms with Crippen LogP contribution in [0.15, 0.2) is 18.2 Å². The van der Waals surface area contributed by atoms with E-state index in [0.717, 1.165) is 22.7 Å². The molecule has 0 unspecified atom stereocenters. The molecule has 0 fully saturated rings. The second kappa shape index (κ2) is 7.87. The van der Waals surface area contributed by atoms with Gasteiger partial charge in [-0.3, -0.25) is 34.1 Å². The zero-order chi connectivity index (χ0) is 23.2. The number of amides is 3. The number of benzene rings is 1. The third kappa shape index (κ3) is 3.39. The summed E-state index contributed by atoms with van der Waals surface area (Å²) < 4.78 is 6.62. The van der Waals surface area contributed by atoms with Gasteiger partial charge in [0.15, 0.2) is 5.69 Å². The van der Waals surface area contributed by atoms with Crippen LogP contribution >= 0.6 is 0 Å². The average molecular weight is 441 g/mol. The maximum Gasteiger partial charge on any atom is 0.359 e. The van der Waals surface area contributed by atoms with Crippen LogP contribution < -0.4 is 0 Å². The van der Waals surface area contributed by atoms with Crippen molar-refractivity contribution in [2.45, 2.75) is 19.9 Å².